The number of nitrogens with zero attached hydrogens (tertiary/aromatic N) is 4. The molecule has 1 amide bonds. The molecule has 8 nitrogen and oxygen atoms in total. The standard InChI is InChI=1S/C18H19N5O3S/c1-10-6-5-7-14(11(10)2)26-12(3)17-20-21-18(27-17)19-16(25)13-8-9-15(24)23(4)22-13/h5-9,12H,1-4H3,(H,19,21,25). The van der Waals surface area contributed by atoms with Crippen LogP contribution in [0.3, 0.4) is 0 Å². The van der Waals surface area contributed by atoms with Gasteiger partial charge in [0.05, 0.1) is 0 Å². The number of carbonyl (C=O) groups is 1. The highest BCUT2D eigenvalue weighted by Gasteiger charge is 2.17. The average Bonchev–Trinajstić information content (AvgIpc) is 3.10. The second kappa shape index (κ2) is 7.67. The fourth-order valence-electron chi connectivity index (χ4n) is 2.33. The molecule has 2 heterocycles. The maximum absolute atomic E-state index is 12.2. The molecule has 1 N–H and O–H groups in total. The van der Waals surface area contributed by atoms with Crippen molar-refractivity contribution in [3.05, 3.63) is 62.5 Å². The fraction of sp³-hybridized carbons (Fsp3) is 0.278. The van der Waals surface area contributed by atoms with Gasteiger partial charge in [-0.2, -0.15) is 5.10 Å². The molecule has 2 aromatic heterocycles. The molecule has 140 valence electrons. The van der Waals surface area contributed by atoms with Crippen LogP contribution in [0.2, 0.25) is 0 Å². The Hall–Kier alpha value is -3.07. The lowest BCUT2D eigenvalue weighted by atomic mass is 10.1. The summed E-state index contributed by atoms with van der Waals surface area (Å²) in [4.78, 5) is 23.6. The minimum atomic E-state index is -0.462. The maximum atomic E-state index is 12.2. The molecule has 1 aromatic carbocycles. The molecule has 9 heteroatoms. The van der Waals surface area contributed by atoms with E-state index < -0.39 is 5.91 Å². The van der Waals surface area contributed by atoms with Crippen molar-refractivity contribution in [2.75, 3.05) is 5.32 Å². The minimum absolute atomic E-state index is 0.119. The first-order valence-electron chi connectivity index (χ1n) is 8.27. The van der Waals surface area contributed by atoms with Crippen LogP contribution in [-0.2, 0) is 7.05 Å². The summed E-state index contributed by atoms with van der Waals surface area (Å²) >= 11 is 1.23. The van der Waals surface area contributed by atoms with E-state index in [9.17, 15) is 9.59 Å². The van der Waals surface area contributed by atoms with Crippen LogP contribution in [0, 0.1) is 13.8 Å². The summed E-state index contributed by atoms with van der Waals surface area (Å²) < 4.78 is 7.09. The lowest BCUT2D eigenvalue weighted by Gasteiger charge is -2.14. The second-order valence-corrected chi connectivity index (χ2v) is 7.05. The van der Waals surface area contributed by atoms with Crippen LogP contribution in [-0.4, -0.2) is 25.9 Å². The molecule has 1 unspecified atom stereocenters. The van der Waals surface area contributed by atoms with Crippen LogP contribution in [0.5, 0.6) is 5.75 Å². The number of anilines is 1. The van der Waals surface area contributed by atoms with E-state index in [1.54, 1.807) is 0 Å². The van der Waals surface area contributed by atoms with Gasteiger partial charge in [-0.05, 0) is 44.0 Å². The molecular weight excluding hydrogens is 366 g/mol. The maximum Gasteiger partial charge on any atom is 0.277 e. The molecule has 0 spiro atoms. The van der Waals surface area contributed by atoms with E-state index in [1.165, 1.54) is 30.5 Å². The minimum Gasteiger partial charge on any atom is -0.483 e. The third kappa shape index (κ3) is 4.20. The van der Waals surface area contributed by atoms with Crippen LogP contribution < -0.4 is 15.6 Å². The summed E-state index contributed by atoms with van der Waals surface area (Å²) in [6.07, 6.45) is -0.315. The Morgan fingerprint density at radius 3 is 2.74 bits per heavy atom. The highest BCUT2D eigenvalue weighted by molar-refractivity contribution is 7.15. The molecule has 0 fully saturated rings. The van der Waals surface area contributed by atoms with Crippen molar-refractivity contribution in [2.45, 2.75) is 26.9 Å². The molecule has 0 bridgehead atoms. The summed E-state index contributed by atoms with van der Waals surface area (Å²) in [7, 11) is 1.48. The van der Waals surface area contributed by atoms with Crippen LogP contribution in [0.15, 0.2) is 35.1 Å². The number of hydrogen-bond acceptors (Lipinski definition) is 7. The molecular formula is C18H19N5O3S. The lowest BCUT2D eigenvalue weighted by Crippen LogP contribution is -2.23. The van der Waals surface area contributed by atoms with E-state index in [2.05, 4.69) is 20.6 Å². The van der Waals surface area contributed by atoms with E-state index in [0.717, 1.165) is 21.6 Å². The van der Waals surface area contributed by atoms with Crippen molar-refractivity contribution < 1.29 is 9.53 Å². The molecule has 0 saturated heterocycles. The van der Waals surface area contributed by atoms with Crippen LogP contribution in [0.4, 0.5) is 5.13 Å². The van der Waals surface area contributed by atoms with E-state index >= 15 is 0 Å². The number of aryl methyl sites for hydroxylation is 2. The third-order valence-electron chi connectivity index (χ3n) is 4.06. The van der Waals surface area contributed by atoms with Crippen molar-refractivity contribution in [3.63, 3.8) is 0 Å². The van der Waals surface area contributed by atoms with E-state index in [0.29, 0.717) is 10.1 Å². The second-order valence-electron chi connectivity index (χ2n) is 6.04. The third-order valence-corrected chi connectivity index (χ3v) is 5.06. The van der Waals surface area contributed by atoms with Gasteiger partial charge >= 0.3 is 0 Å². The van der Waals surface area contributed by atoms with Crippen LogP contribution in [0.1, 0.15) is 39.7 Å². The van der Waals surface area contributed by atoms with Crippen molar-refractivity contribution in [1.29, 1.82) is 0 Å². The van der Waals surface area contributed by atoms with Gasteiger partial charge in [0.2, 0.25) is 5.13 Å². The molecule has 3 rings (SSSR count). The van der Waals surface area contributed by atoms with Gasteiger partial charge in [-0.1, -0.05) is 23.5 Å². The predicted molar refractivity (Wildman–Crippen MR) is 102 cm³/mol. The molecule has 0 aliphatic heterocycles. The van der Waals surface area contributed by atoms with Crippen molar-refractivity contribution in [1.82, 2.24) is 20.0 Å². The summed E-state index contributed by atoms with van der Waals surface area (Å²) in [5.41, 5.74) is 2.05. The molecule has 1 atom stereocenters. The number of nitrogens with one attached hydrogen (secondary N) is 1. The van der Waals surface area contributed by atoms with E-state index in [4.69, 9.17) is 4.74 Å². The highest BCUT2D eigenvalue weighted by atomic mass is 32.1. The molecule has 3 aromatic rings. The first-order valence-corrected chi connectivity index (χ1v) is 9.09. The molecule has 0 aliphatic carbocycles. The monoisotopic (exact) mass is 385 g/mol. The van der Waals surface area contributed by atoms with Gasteiger partial charge < -0.3 is 4.74 Å². The summed E-state index contributed by atoms with van der Waals surface area (Å²) in [6.45, 7) is 5.91. The van der Waals surface area contributed by atoms with Gasteiger partial charge in [-0.15, -0.1) is 10.2 Å². The smallest absolute Gasteiger partial charge is 0.277 e. The van der Waals surface area contributed by atoms with Crippen molar-refractivity contribution in [2.24, 2.45) is 7.05 Å². The van der Waals surface area contributed by atoms with Gasteiger partial charge in [0.15, 0.2) is 5.01 Å². The Bertz CT molecular complexity index is 1040. The quantitative estimate of drug-likeness (QED) is 0.725. The zero-order valence-electron chi connectivity index (χ0n) is 15.4. The van der Waals surface area contributed by atoms with Gasteiger partial charge in [0, 0.05) is 13.1 Å². The Kier molecular flexibility index (Phi) is 5.31. The first-order chi connectivity index (χ1) is 12.8. The van der Waals surface area contributed by atoms with Gasteiger partial charge in [0.1, 0.15) is 17.5 Å². The number of benzene rings is 1. The molecule has 0 radical (unpaired) electrons. The number of aromatic nitrogens is 4. The largest absolute Gasteiger partial charge is 0.483 e. The average molecular weight is 385 g/mol. The number of ether oxygens (including phenoxy) is 1. The summed E-state index contributed by atoms with van der Waals surface area (Å²) in [5.74, 6) is 0.328. The Morgan fingerprint density at radius 1 is 1.22 bits per heavy atom. The van der Waals surface area contributed by atoms with E-state index in [1.807, 2.05) is 39.0 Å². The summed E-state index contributed by atoms with van der Waals surface area (Å²) in [5, 5.41) is 15.6. The topological polar surface area (TPSA) is 99.0 Å². The Labute approximate surface area is 159 Å². The van der Waals surface area contributed by atoms with Crippen molar-refractivity contribution >= 4 is 22.4 Å². The Balaban J connectivity index is 1.70. The van der Waals surface area contributed by atoms with Gasteiger partial charge in [-0.3, -0.25) is 14.9 Å². The van der Waals surface area contributed by atoms with E-state index in [-0.39, 0.29) is 17.4 Å². The molecule has 0 saturated carbocycles. The SMILES string of the molecule is Cc1cccc(OC(C)c2nnc(NC(=O)c3ccc(=O)n(C)n3)s2)c1C. The summed E-state index contributed by atoms with van der Waals surface area (Å²) in [6, 6.07) is 8.53. The van der Waals surface area contributed by atoms with Crippen LogP contribution >= 0.6 is 11.3 Å². The lowest BCUT2D eigenvalue weighted by molar-refractivity contribution is 0.102. The van der Waals surface area contributed by atoms with Gasteiger partial charge in [0.25, 0.3) is 11.5 Å². The number of hydrogen-bond donors (Lipinski definition) is 1. The predicted octanol–water partition coefficient (Wildman–Crippen LogP) is 2.64. The Morgan fingerprint density at radius 2 is 2.00 bits per heavy atom. The molecule has 0 aliphatic rings. The number of amides is 1. The van der Waals surface area contributed by atoms with Gasteiger partial charge in [-0.25, -0.2) is 4.68 Å². The zero-order valence-corrected chi connectivity index (χ0v) is 16.2. The molecule has 27 heavy (non-hydrogen) atoms. The van der Waals surface area contributed by atoms with Crippen LogP contribution in [0.25, 0.3) is 0 Å². The highest BCUT2D eigenvalue weighted by Crippen LogP contribution is 2.29. The zero-order chi connectivity index (χ0) is 19.6. The first kappa shape index (κ1) is 18.7. The van der Waals surface area contributed by atoms with Crippen molar-refractivity contribution in [3.8, 4) is 5.75 Å². The number of rotatable bonds is 5. The normalized spacial score (nSPS) is 11.9. The fourth-order valence-corrected chi connectivity index (χ4v) is 3.05. The number of carbonyl (C=O) groups excluding carboxylic acids is 1.